The average Bonchev–Trinajstić information content (AvgIpc) is 2.15. The van der Waals surface area contributed by atoms with Crippen LogP contribution in [-0.4, -0.2) is 4.92 Å². The number of nitro groups is 1. The van der Waals surface area contributed by atoms with Crippen LogP contribution >= 0.6 is 31.9 Å². The third-order valence-corrected chi connectivity index (χ3v) is 3.32. The standard InChI is InChI=1S/C8H4Br2F3NO2/c9-3-4-1-5(8(11,12)13)2-6(7(4)10)14(15)16/h1-2H,3H2. The molecule has 0 heterocycles. The van der Waals surface area contributed by atoms with Crippen LogP contribution in [0.15, 0.2) is 16.6 Å². The van der Waals surface area contributed by atoms with Crippen LogP contribution in [0.25, 0.3) is 0 Å². The van der Waals surface area contributed by atoms with Gasteiger partial charge in [0.05, 0.1) is 15.0 Å². The first-order valence-corrected chi connectivity index (χ1v) is 5.78. The molecule has 0 N–H and O–H groups in total. The van der Waals surface area contributed by atoms with Crippen LogP contribution < -0.4 is 0 Å². The maximum Gasteiger partial charge on any atom is 0.416 e. The molecule has 0 saturated heterocycles. The van der Waals surface area contributed by atoms with Crippen molar-refractivity contribution in [3.63, 3.8) is 0 Å². The van der Waals surface area contributed by atoms with Gasteiger partial charge in [0.2, 0.25) is 0 Å². The Morgan fingerprint density at radius 3 is 2.31 bits per heavy atom. The highest BCUT2D eigenvalue weighted by molar-refractivity contribution is 9.11. The van der Waals surface area contributed by atoms with Crippen LogP contribution in [0.3, 0.4) is 0 Å². The van der Waals surface area contributed by atoms with Crippen molar-refractivity contribution in [1.82, 2.24) is 0 Å². The summed E-state index contributed by atoms with van der Waals surface area (Å²) in [5.74, 6) is 0. The normalized spacial score (nSPS) is 11.6. The maximum absolute atomic E-state index is 12.4. The van der Waals surface area contributed by atoms with Crippen LogP contribution in [0.1, 0.15) is 11.1 Å². The topological polar surface area (TPSA) is 43.1 Å². The SMILES string of the molecule is O=[N+]([O-])c1cc(C(F)(F)F)cc(CBr)c1Br. The molecule has 16 heavy (non-hydrogen) atoms. The van der Waals surface area contributed by atoms with Crippen molar-refractivity contribution >= 4 is 37.5 Å². The molecule has 0 unspecified atom stereocenters. The molecule has 0 amide bonds. The lowest BCUT2D eigenvalue weighted by atomic mass is 10.1. The fourth-order valence-electron chi connectivity index (χ4n) is 1.06. The Kier molecular flexibility index (Phi) is 3.95. The van der Waals surface area contributed by atoms with Gasteiger partial charge in [-0.05, 0) is 27.6 Å². The third kappa shape index (κ3) is 2.73. The van der Waals surface area contributed by atoms with Gasteiger partial charge in [-0.3, -0.25) is 10.1 Å². The minimum Gasteiger partial charge on any atom is -0.258 e. The molecule has 1 aromatic rings. The second kappa shape index (κ2) is 4.70. The smallest absolute Gasteiger partial charge is 0.258 e. The Hall–Kier alpha value is -0.630. The van der Waals surface area contributed by atoms with Crippen LogP contribution in [0.4, 0.5) is 18.9 Å². The molecule has 8 heteroatoms. The fourth-order valence-corrected chi connectivity index (χ4v) is 2.39. The van der Waals surface area contributed by atoms with E-state index in [1.54, 1.807) is 0 Å². The van der Waals surface area contributed by atoms with Gasteiger partial charge in [0.25, 0.3) is 5.69 Å². The highest BCUT2D eigenvalue weighted by Crippen LogP contribution is 2.37. The zero-order valence-corrected chi connectivity index (χ0v) is 10.7. The second-order valence-corrected chi connectivity index (χ2v) is 4.21. The lowest BCUT2D eigenvalue weighted by molar-refractivity contribution is -0.386. The van der Waals surface area contributed by atoms with E-state index in [0.29, 0.717) is 6.07 Å². The minimum absolute atomic E-state index is 0.0578. The summed E-state index contributed by atoms with van der Waals surface area (Å²) in [4.78, 5) is 9.71. The fraction of sp³-hybridized carbons (Fsp3) is 0.250. The van der Waals surface area contributed by atoms with E-state index in [1.807, 2.05) is 0 Å². The molecular weight excluding hydrogens is 359 g/mol. The zero-order chi connectivity index (χ0) is 12.5. The molecule has 0 saturated carbocycles. The van der Waals surface area contributed by atoms with E-state index in [0.717, 1.165) is 6.07 Å². The molecule has 0 radical (unpaired) electrons. The molecule has 3 nitrogen and oxygen atoms in total. The monoisotopic (exact) mass is 361 g/mol. The van der Waals surface area contributed by atoms with Crippen LogP contribution in [-0.2, 0) is 11.5 Å². The summed E-state index contributed by atoms with van der Waals surface area (Å²) in [7, 11) is 0. The summed E-state index contributed by atoms with van der Waals surface area (Å²) in [6.45, 7) is 0. The first-order chi connectivity index (χ1) is 7.27. The number of benzene rings is 1. The molecule has 0 aliphatic heterocycles. The van der Waals surface area contributed by atoms with E-state index in [2.05, 4.69) is 31.9 Å². The molecule has 0 atom stereocenters. The highest BCUT2D eigenvalue weighted by atomic mass is 79.9. The quantitative estimate of drug-likeness (QED) is 0.448. The van der Waals surface area contributed by atoms with Crippen molar-refractivity contribution in [3.05, 3.63) is 37.8 Å². The summed E-state index contributed by atoms with van der Waals surface area (Å²) in [5, 5.41) is 10.7. The molecule has 88 valence electrons. The van der Waals surface area contributed by atoms with Crippen molar-refractivity contribution in [3.8, 4) is 0 Å². The van der Waals surface area contributed by atoms with Crippen molar-refractivity contribution in [2.75, 3.05) is 0 Å². The zero-order valence-electron chi connectivity index (χ0n) is 7.52. The van der Waals surface area contributed by atoms with Crippen molar-refractivity contribution in [2.24, 2.45) is 0 Å². The van der Waals surface area contributed by atoms with Crippen molar-refractivity contribution < 1.29 is 18.1 Å². The van der Waals surface area contributed by atoms with Gasteiger partial charge in [0.15, 0.2) is 0 Å². The van der Waals surface area contributed by atoms with Gasteiger partial charge in [-0.1, -0.05) is 15.9 Å². The van der Waals surface area contributed by atoms with Gasteiger partial charge in [-0.2, -0.15) is 13.2 Å². The number of halogens is 5. The number of alkyl halides is 4. The molecule has 0 fully saturated rings. The van der Waals surface area contributed by atoms with Crippen LogP contribution in [0.5, 0.6) is 0 Å². The predicted octanol–water partition coefficient (Wildman–Crippen LogP) is 4.27. The molecule has 0 aliphatic carbocycles. The Morgan fingerprint density at radius 1 is 1.38 bits per heavy atom. The second-order valence-electron chi connectivity index (χ2n) is 2.86. The van der Waals surface area contributed by atoms with Crippen molar-refractivity contribution in [2.45, 2.75) is 11.5 Å². The Labute approximate surface area is 105 Å². The van der Waals surface area contributed by atoms with E-state index in [9.17, 15) is 23.3 Å². The van der Waals surface area contributed by atoms with Gasteiger partial charge in [0.1, 0.15) is 0 Å². The van der Waals surface area contributed by atoms with E-state index < -0.39 is 22.4 Å². The summed E-state index contributed by atoms with van der Waals surface area (Å²) in [6.07, 6.45) is -4.59. The lowest BCUT2D eigenvalue weighted by Crippen LogP contribution is -2.07. The lowest BCUT2D eigenvalue weighted by Gasteiger charge is -2.09. The molecule has 1 rings (SSSR count). The molecule has 0 aromatic heterocycles. The number of nitrogens with zero attached hydrogens (tertiary/aromatic N) is 1. The number of hydrogen-bond donors (Lipinski definition) is 0. The molecular formula is C8H4Br2F3NO2. The Morgan fingerprint density at radius 2 is 1.94 bits per heavy atom. The van der Waals surface area contributed by atoms with Gasteiger partial charge in [0, 0.05) is 11.4 Å². The Bertz CT molecular complexity index is 434. The van der Waals surface area contributed by atoms with Gasteiger partial charge < -0.3 is 0 Å². The summed E-state index contributed by atoms with van der Waals surface area (Å²) < 4.78 is 37.3. The highest BCUT2D eigenvalue weighted by Gasteiger charge is 2.34. The van der Waals surface area contributed by atoms with Gasteiger partial charge >= 0.3 is 6.18 Å². The minimum atomic E-state index is -4.59. The van der Waals surface area contributed by atoms with E-state index >= 15 is 0 Å². The maximum atomic E-state index is 12.4. The molecule has 0 spiro atoms. The third-order valence-electron chi connectivity index (χ3n) is 1.80. The predicted molar refractivity (Wildman–Crippen MR) is 58.4 cm³/mol. The van der Waals surface area contributed by atoms with Gasteiger partial charge in [-0.15, -0.1) is 0 Å². The number of rotatable bonds is 2. The summed E-state index contributed by atoms with van der Waals surface area (Å²) in [6, 6.07) is 1.38. The van der Waals surface area contributed by atoms with E-state index in [1.165, 1.54) is 0 Å². The number of hydrogen-bond acceptors (Lipinski definition) is 2. The van der Waals surface area contributed by atoms with Crippen LogP contribution in [0.2, 0.25) is 0 Å². The van der Waals surface area contributed by atoms with E-state index in [4.69, 9.17) is 0 Å². The largest absolute Gasteiger partial charge is 0.416 e. The molecule has 0 aliphatic rings. The number of nitro benzene ring substituents is 1. The first kappa shape index (κ1) is 13.4. The van der Waals surface area contributed by atoms with Gasteiger partial charge in [-0.25, -0.2) is 0 Å². The molecule has 1 aromatic carbocycles. The summed E-state index contributed by atoms with van der Waals surface area (Å²) in [5.41, 5.74) is -1.44. The van der Waals surface area contributed by atoms with E-state index in [-0.39, 0.29) is 15.4 Å². The summed E-state index contributed by atoms with van der Waals surface area (Å²) >= 11 is 5.88. The van der Waals surface area contributed by atoms with Crippen LogP contribution in [0, 0.1) is 10.1 Å². The Balaban J connectivity index is 3.46. The van der Waals surface area contributed by atoms with Crippen molar-refractivity contribution in [1.29, 1.82) is 0 Å². The molecule has 0 bridgehead atoms. The average molecular weight is 363 g/mol. The first-order valence-electron chi connectivity index (χ1n) is 3.87.